The number of amides is 1. The lowest BCUT2D eigenvalue weighted by Gasteiger charge is -2.38. The number of ether oxygens (including phenoxy) is 2. The Hall–Kier alpha value is -3.46. The fraction of sp³-hybridized carbons (Fsp3) is 0.423. The van der Waals surface area contributed by atoms with Gasteiger partial charge in [-0.3, -0.25) is 9.69 Å². The minimum absolute atomic E-state index is 0.0970. The molecule has 184 valence electrons. The first-order valence-corrected chi connectivity index (χ1v) is 12.0. The second-order valence-corrected chi connectivity index (χ2v) is 9.21. The van der Waals surface area contributed by atoms with E-state index in [0.29, 0.717) is 35.6 Å². The number of fused-ring (bicyclic) bond motifs is 1. The maximum absolute atomic E-state index is 13.6. The number of aryl methyl sites for hydroxylation is 1. The number of halogens is 1. The van der Waals surface area contributed by atoms with E-state index in [1.165, 1.54) is 6.07 Å². The molecule has 2 aromatic carbocycles. The van der Waals surface area contributed by atoms with Crippen LogP contribution < -0.4 is 20.1 Å². The van der Waals surface area contributed by atoms with Gasteiger partial charge in [-0.05, 0) is 62.4 Å². The number of benzene rings is 2. The van der Waals surface area contributed by atoms with Crippen LogP contribution in [-0.2, 0) is 4.79 Å². The van der Waals surface area contributed by atoms with E-state index in [9.17, 15) is 9.18 Å². The number of hydrogen-bond donors (Lipinski definition) is 2. The molecule has 0 radical (unpaired) electrons. The molecule has 0 unspecified atom stereocenters. The second-order valence-electron chi connectivity index (χ2n) is 9.21. The lowest BCUT2D eigenvalue weighted by Crippen LogP contribution is -2.52. The summed E-state index contributed by atoms with van der Waals surface area (Å²) >= 11 is 0. The Bertz CT molecular complexity index is 1230. The molecule has 3 aromatic rings. The average Bonchev–Trinajstić information content (AvgIpc) is 2.86. The number of nitrogens with zero attached hydrogens (tertiary/aromatic N) is 3. The zero-order chi connectivity index (χ0) is 24.4. The highest BCUT2D eigenvalue weighted by Crippen LogP contribution is 2.35. The van der Waals surface area contributed by atoms with Crippen molar-refractivity contribution in [2.24, 2.45) is 0 Å². The molecule has 35 heavy (non-hydrogen) atoms. The molecule has 1 aliphatic heterocycles. The zero-order valence-corrected chi connectivity index (χ0v) is 20.0. The second kappa shape index (κ2) is 10.0. The van der Waals surface area contributed by atoms with Gasteiger partial charge in [0.25, 0.3) is 0 Å². The minimum atomic E-state index is -0.250. The number of rotatable bonds is 6. The molecule has 0 bridgehead atoms. The molecular weight excluding hydrogens is 449 g/mol. The third kappa shape index (κ3) is 5.30. The van der Waals surface area contributed by atoms with Crippen LogP contribution in [0.3, 0.4) is 0 Å². The van der Waals surface area contributed by atoms with Gasteiger partial charge in [0, 0.05) is 42.5 Å². The molecule has 1 aliphatic carbocycles. The lowest BCUT2D eigenvalue weighted by atomic mass is 9.91. The number of piperazine rings is 1. The van der Waals surface area contributed by atoms with Gasteiger partial charge in [-0.25, -0.2) is 14.4 Å². The van der Waals surface area contributed by atoms with Crippen molar-refractivity contribution >= 4 is 28.4 Å². The predicted molar refractivity (Wildman–Crippen MR) is 132 cm³/mol. The fourth-order valence-electron chi connectivity index (χ4n) is 4.88. The molecule has 9 heteroatoms. The smallest absolute Gasteiger partial charge is 0.234 e. The van der Waals surface area contributed by atoms with E-state index >= 15 is 0 Å². The molecule has 2 heterocycles. The molecule has 1 saturated carbocycles. The lowest BCUT2D eigenvalue weighted by molar-refractivity contribution is -0.125. The summed E-state index contributed by atoms with van der Waals surface area (Å²) in [7, 11) is 1.62. The first-order chi connectivity index (χ1) is 17.0. The van der Waals surface area contributed by atoms with Crippen LogP contribution in [0.2, 0.25) is 0 Å². The van der Waals surface area contributed by atoms with Crippen molar-refractivity contribution in [3.8, 4) is 11.5 Å². The zero-order valence-electron chi connectivity index (χ0n) is 20.0. The van der Waals surface area contributed by atoms with Crippen LogP contribution in [0.4, 0.5) is 16.0 Å². The summed E-state index contributed by atoms with van der Waals surface area (Å²) in [4.78, 5) is 23.0. The summed E-state index contributed by atoms with van der Waals surface area (Å²) in [5.74, 6) is 1.58. The van der Waals surface area contributed by atoms with E-state index < -0.39 is 0 Å². The molecule has 0 atom stereocenters. The third-order valence-corrected chi connectivity index (χ3v) is 6.80. The molecule has 8 nitrogen and oxygen atoms in total. The summed E-state index contributed by atoms with van der Waals surface area (Å²) in [6.45, 7) is 3.85. The summed E-state index contributed by atoms with van der Waals surface area (Å²) in [6.07, 6.45) is 5.72. The Morgan fingerprint density at radius 2 is 1.97 bits per heavy atom. The molecule has 2 fully saturated rings. The SMILES string of the molecule is COc1cc2nc(Nc3ccc(F)c(C)c3)ncc2cc1OC1CCC(N2CCNC(=O)C2)CC1. The van der Waals surface area contributed by atoms with Gasteiger partial charge < -0.3 is 20.1 Å². The van der Waals surface area contributed by atoms with Crippen LogP contribution in [0.15, 0.2) is 36.5 Å². The molecule has 1 saturated heterocycles. The number of carbonyl (C=O) groups is 1. The van der Waals surface area contributed by atoms with Crippen molar-refractivity contribution in [1.29, 1.82) is 0 Å². The molecule has 0 spiro atoms. The first kappa shape index (κ1) is 23.3. The maximum Gasteiger partial charge on any atom is 0.234 e. The van der Waals surface area contributed by atoms with Crippen LogP contribution in [0.5, 0.6) is 11.5 Å². The molecule has 1 aromatic heterocycles. The van der Waals surface area contributed by atoms with E-state index in [0.717, 1.165) is 55.4 Å². The number of hydrogen-bond acceptors (Lipinski definition) is 7. The Balaban J connectivity index is 1.27. The van der Waals surface area contributed by atoms with Gasteiger partial charge in [0.05, 0.1) is 25.3 Å². The van der Waals surface area contributed by atoms with E-state index in [2.05, 4.69) is 25.5 Å². The van der Waals surface area contributed by atoms with Gasteiger partial charge in [-0.15, -0.1) is 0 Å². The number of anilines is 2. The molecule has 2 aliphatic rings. The molecular formula is C26H30FN5O3. The van der Waals surface area contributed by atoms with E-state index in [-0.39, 0.29) is 17.8 Å². The molecule has 5 rings (SSSR count). The van der Waals surface area contributed by atoms with Gasteiger partial charge >= 0.3 is 0 Å². The third-order valence-electron chi connectivity index (χ3n) is 6.80. The van der Waals surface area contributed by atoms with Crippen LogP contribution in [0.1, 0.15) is 31.2 Å². The Morgan fingerprint density at radius 3 is 2.71 bits per heavy atom. The highest BCUT2D eigenvalue weighted by atomic mass is 19.1. The van der Waals surface area contributed by atoms with Gasteiger partial charge in [-0.2, -0.15) is 0 Å². The normalized spacial score (nSPS) is 20.9. The summed E-state index contributed by atoms with van der Waals surface area (Å²) in [5.41, 5.74) is 1.99. The van der Waals surface area contributed by atoms with Crippen LogP contribution in [0, 0.1) is 12.7 Å². The number of aromatic nitrogens is 2. The van der Waals surface area contributed by atoms with E-state index in [1.807, 2.05) is 12.1 Å². The van der Waals surface area contributed by atoms with Crippen molar-refractivity contribution < 1.29 is 18.7 Å². The van der Waals surface area contributed by atoms with Crippen LogP contribution in [-0.4, -0.2) is 59.7 Å². The monoisotopic (exact) mass is 479 g/mol. The summed E-state index contributed by atoms with van der Waals surface area (Å²) in [6, 6.07) is 9.00. The average molecular weight is 480 g/mol. The first-order valence-electron chi connectivity index (χ1n) is 12.0. The predicted octanol–water partition coefficient (Wildman–Crippen LogP) is 3.95. The van der Waals surface area contributed by atoms with Crippen molar-refractivity contribution in [1.82, 2.24) is 20.2 Å². The number of methoxy groups -OCH3 is 1. The summed E-state index contributed by atoms with van der Waals surface area (Å²) < 4.78 is 25.5. The van der Waals surface area contributed by atoms with E-state index in [4.69, 9.17) is 9.47 Å². The van der Waals surface area contributed by atoms with Crippen molar-refractivity contribution in [3.05, 3.63) is 47.9 Å². The fourth-order valence-corrected chi connectivity index (χ4v) is 4.88. The Labute approximate surface area is 203 Å². The highest BCUT2D eigenvalue weighted by Gasteiger charge is 2.30. The van der Waals surface area contributed by atoms with Crippen molar-refractivity contribution in [3.63, 3.8) is 0 Å². The van der Waals surface area contributed by atoms with Gasteiger partial charge in [-0.1, -0.05) is 0 Å². The number of nitrogens with one attached hydrogen (secondary N) is 2. The minimum Gasteiger partial charge on any atom is -0.493 e. The maximum atomic E-state index is 13.6. The summed E-state index contributed by atoms with van der Waals surface area (Å²) in [5, 5.41) is 6.86. The Kier molecular flexibility index (Phi) is 6.68. The van der Waals surface area contributed by atoms with Crippen molar-refractivity contribution in [2.45, 2.75) is 44.8 Å². The van der Waals surface area contributed by atoms with Crippen LogP contribution >= 0.6 is 0 Å². The Morgan fingerprint density at radius 1 is 1.14 bits per heavy atom. The quantitative estimate of drug-likeness (QED) is 0.553. The van der Waals surface area contributed by atoms with Crippen molar-refractivity contribution in [2.75, 3.05) is 32.1 Å². The van der Waals surface area contributed by atoms with Gasteiger partial charge in [0.15, 0.2) is 11.5 Å². The standard InChI is InChI=1S/C26H30FN5O3/c1-16-11-18(3-8-21(16)27)30-26-29-14-17-12-24(23(34-2)13-22(17)31-26)35-20-6-4-19(5-7-20)32-10-9-28-25(33)15-32/h3,8,11-14,19-20H,4-7,9-10,15H2,1-2H3,(H,28,33)(H,29,30,31). The molecule has 2 N–H and O–H groups in total. The largest absolute Gasteiger partial charge is 0.493 e. The van der Waals surface area contributed by atoms with Crippen LogP contribution in [0.25, 0.3) is 10.9 Å². The highest BCUT2D eigenvalue weighted by molar-refractivity contribution is 5.83. The topological polar surface area (TPSA) is 88.6 Å². The van der Waals surface area contributed by atoms with Gasteiger partial charge in [0.2, 0.25) is 11.9 Å². The molecule has 1 amide bonds. The number of carbonyl (C=O) groups excluding carboxylic acids is 1. The van der Waals surface area contributed by atoms with Gasteiger partial charge in [0.1, 0.15) is 5.82 Å². The van der Waals surface area contributed by atoms with E-state index in [1.54, 1.807) is 32.4 Å².